The largest absolute Gasteiger partial charge is 0.384 e. The predicted molar refractivity (Wildman–Crippen MR) is 29.8 cm³/mol. The highest BCUT2D eigenvalue weighted by molar-refractivity contribution is 5.02. The maximum atomic E-state index is 9.06. The van der Waals surface area contributed by atoms with Crippen molar-refractivity contribution in [3.05, 3.63) is 12.2 Å². The van der Waals surface area contributed by atoms with Crippen LogP contribution in [0.5, 0.6) is 0 Å². The zero-order valence-corrected chi connectivity index (χ0v) is 4.86. The fourth-order valence-electron chi connectivity index (χ4n) is 1.05. The van der Waals surface area contributed by atoms with Gasteiger partial charge in [0.1, 0.15) is 12.2 Å². The first-order valence-electron chi connectivity index (χ1n) is 3.00. The number of hydrogen-bond donors (Lipinski definition) is 1. The molecule has 50 valence electrons. The SMILES string of the molecule is O[C@H]1C=C[C@@H]2CO[C@H]1O2. The first kappa shape index (κ1) is 5.41. The van der Waals surface area contributed by atoms with Crippen molar-refractivity contribution in [1.29, 1.82) is 0 Å². The minimum absolute atomic E-state index is 0.0819. The van der Waals surface area contributed by atoms with E-state index in [2.05, 4.69) is 0 Å². The van der Waals surface area contributed by atoms with E-state index in [1.54, 1.807) is 6.08 Å². The molecule has 0 radical (unpaired) electrons. The van der Waals surface area contributed by atoms with E-state index >= 15 is 0 Å². The molecule has 1 N–H and O–H groups in total. The fourth-order valence-corrected chi connectivity index (χ4v) is 1.05. The van der Waals surface area contributed by atoms with Gasteiger partial charge in [0, 0.05) is 0 Å². The van der Waals surface area contributed by atoms with Crippen LogP contribution in [0.3, 0.4) is 0 Å². The number of fused-ring (bicyclic) bond motifs is 2. The van der Waals surface area contributed by atoms with Gasteiger partial charge in [-0.3, -0.25) is 0 Å². The molecule has 3 nitrogen and oxygen atoms in total. The van der Waals surface area contributed by atoms with E-state index < -0.39 is 12.4 Å². The second kappa shape index (κ2) is 1.80. The summed E-state index contributed by atoms with van der Waals surface area (Å²) in [5.41, 5.74) is 0. The third kappa shape index (κ3) is 0.775. The van der Waals surface area contributed by atoms with Crippen LogP contribution in [0.25, 0.3) is 0 Å². The van der Waals surface area contributed by atoms with E-state index in [9.17, 15) is 0 Å². The Morgan fingerprint density at radius 2 is 2.33 bits per heavy atom. The van der Waals surface area contributed by atoms with Crippen LogP contribution in [0.1, 0.15) is 0 Å². The van der Waals surface area contributed by atoms with Gasteiger partial charge in [-0.15, -0.1) is 0 Å². The van der Waals surface area contributed by atoms with Crippen LogP contribution in [-0.4, -0.2) is 30.2 Å². The summed E-state index contributed by atoms with van der Waals surface area (Å²) in [4.78, 5) is 0. The van der Waals surface area contributed by atoms with Gasteiger partial charge >= 0.3 is 0 Å². The average Bonchev–Trinajstić information content (AvgIpc) is 2.25. The molecule has 9 heavy (non-hydrogen) atoms. The molecule has 1 saturated heterocycles. The Balaban J connectivity index is 2.19. The van der Waals surface area contributed by atoms with Crippen molar-refractivity contribution in [2.75, 3.05) is 6.61 Å². The van der Waals surface area contributed by atoms with E-state index in [0.717, 1.165) is 0 Å². The van der Waals surface area contributed by atoms with Crippen molar-refractivity contribution < 1.29 is 14.6 Å². The summed E-state index contributed by atoms with van der Waals surface area (Å²) in [6.07, 6.45) is 2.65. The van der Waals surface area contributed by atoms with E-state index in [0.29, 0.717) is 6.61 Å². The van der Waals surface area contributed by atoms with Crippen molar-refractivity contribution in [2.24, 2.45) is 0 Å². The molecule has 2 aliphatic heterocycles. The molecule has 2 heterocycles. The van der Waals surface area contributed by atoms with Gasteiger partial charge in [-0.05, 0) is 0 Å². The van der Waals surface area contributed by atoms with E-state index in [4.69, 9.17) is 14.6 Å². The van der Waals surface area contributed by atoms with Gasteiger partial charge in [-0.2, -0.15) is 0 Å². The minimum atomic E-state index is -0.566. The lowest BCUT2D eigenvalue weighted by Crippen LogP contribution is -2.28. The van der Waals surface area contributed by atoms with Crippen LogP contribution in [0.15, 0.2) is 12.2 Å². The number of rotatable bonds is 0. The molecule has 0 amide bonds. The molecule has 0 aliphatic carbocycles. The smallest absolute Gasteiger partial charge is 0.188 e. The lowest BCUT2D eigenvalue weighted by atomic mass is 10.2. The highest BCUT2D eigenvalue weighted by Crippen LogP contribution is 2.20. The number of aliphatic hydroxyl groups excluding tert-OH is 1. The molecule has 2 rings (SSSR count). The molecule has 2 aliphatic rings. The van der Waals surface area contributed by atoms with Crippen LogP contribution >= 0.6 is 0 Å². The average molecular weight is 128 g/mol. The topological polar surface area (TPSA) is 38.7 Å². The molecule has 3 heteroatoms. The van der Waals surface area contributed by atoms with Gasteiger partial charge in [0.05, 0.1) is 6.61 Å². The molecule has 0 unspecified atom stereocenters. The molecule has 0 spiro atoms. The fraction of sp³-hybridized carbons (Fsp3) is 0.667. The second-order valence-corrected chi connectivity index (χ2v) is 2.25. The lowest BCUT2D eigenvalue weighted by molar-refractivity contribution is -0.115. The summed E-state index contributed by atoms with van der Waals surface area (Å²) >= 11 is 0. The van der Waals surface area contributed by atoms with E-state index in [-0.39, 0.29) is 6.10 Å². The summed E-state index contributed by atoms with van der Waals surface area (Å²) in [6.45, 7) is 0.582. The summed E-state index contributed by atoms with van der Waals surface area (Å²) in [6, 6.07) is 0. The minimum Gasteiger partial charge on any atom is -0.384 e. The van der Waals surface area contributed by atoms with Crippen LogP contribution in [0.2, 0.25) is 0 Å². The molecule has 2 bridgehead atoms. The van der Waals surface area contributed by atoms with Gasteiger partial charge < -0.3 is 14.6 Å². The Hall–Kier alpha value is -0.380. The number of aliphatic hydroxyl groups is 1. The van der Waals surface area contributed by atoms with Crippen molar-refractivity contribution >= 4 is 0 Å². The van der Waals surface area contributed by atoms with Crippen LogP contribution in [0.4, 0.5) is 0 Å². The summed E-state index contributed by atoms with van der Waals surface area (Å²) in [5, 5.41) is 9.06. The number of ether oxygens (including phenoxy) is 2. The first-order chi connectivity index (χ1) is 4.36. The zero-order valence-electron chi connectivity index (χ0n) is 4.86. The second-order valence-electron chi connectivity index (χ2n) is 2.25. The molecule has 0 aromatic rings. The van der Waals surface area contributed by atoms with Crippen molar-refractivity contribution in [2.45, 2.75) is 18.5 Å². The lowest BCUT2D eigenvalue weighted by Gasteiger charge is -2.17. The number of hydrogen-bond acceptors (Lipinski definition) is 3. The maximum absolute atomic E-state index is 9.06. The highest BCUT2D eigenvalue weighted by atomic mass is 16.7. The molecular formula is C6H8O3. The Morgan fingerprint density at radius 1 is 1.44 bits per heavy atom. The molecular weight excluding hydrogens is 120 g/mol. The molecule has 1 fully saturated rings. The van der Waals surface area contributed by atoms with Crippen molar-refractivity contribution in [1.82, 2.24) is 0 Å². The highest BCUT2D eigenvalue weighted by Gasteiger charge is 2.32. The van der Waals surface area contributed by atoms with Crippen LogP contribution < -0.4 is 0 Å². The van der Waals surface area contributed by atoms with E-state index in [1.807, 2.05) is 6.08 Å². The van der Waals surface area contributed by atoms with Crippen molar-refractivity contribution in [3.8, 4) is 0 Å². The molecule has 0 aromatic heterocycles. The maximum Gasteiger partial charge on any atom is 0.188 e. The quantitative estimate of drug-likeness (QED) is 0.453. The van der Waals surface area contributed by atoms with Crippen molar-refractivity contribution in [3.63, 3.8) is 0 Å². The third-order valence-corrected chi connectivity index (χ3v) is 1.54. The standard InChI is InChI=1S/C6H8O3/c7-5-2-1-4-3-8-6(5)9-4/h1-2,4-7H,3H2/t4-,5+,6+/m1/s1. The van der Waals surface area contributed by atoms with E-state index in [1.165, 1.54) is 0 Å². The first-order valence-corrected chi connectivity index (χ1v) is 3.00. The van der Waals surface area contributed by atoms with Gasteiger partial charge in [-0.25, -0.2) is 0 Å². The Labute approximate surface area is 52.9 Å². The van der Waals surface area contributed by atoms with Crippen LogP contribution in [0, 0.1) is 0 Å². The normalized spacial score (nSPS) is 47.9. The van der Waals surface area contributed by atoms with Gasteiger partial charge in [0.25, 0.3) is 0 Å². The molecule has 0 saturated carbocycles. The van der Waals surface area contributed by atoms with Gasteiger partial charge in [0.15, 0.2) is 6.29 Å². The Kier molecular flexibility index (Phi) is 1.08. The Morgan fingerprint density at radius 3 is 3.11 bits per heavy atom. The van der Waals surface area contributed by atoms with Gasteiger partial charge in [0.2, 0.25) is 0 Å². The monoisotopic (exact) mass is 128 g/mol. The predicted octanol–water partition coefficient (Wildman–Crippen LogP) is -0.341. The Bertz CT molecular complexity index is 143. The molecule has 3 atom stereocenters. The van der Waals surface area contributed by atoms with Crippen LogP contribution in [-0.2, 0) is 9.47 Å². The summed E-state index contributed by atoms with van der Waals surface area (Å²) in [7, 11) is 0. The third-order valence-electron chi connectivity index (χ3n) is 1.54. The summed E-state index contributed by atoms with van der Waals surface area (Å²) < 4.78 is 10.2. The molecule has 0 aromatic carbocycles. The van der Waals surface area contributed by atoms with Gasteiger partial charge in [-0.1, -0.05) is 12.2 Å². The summed E-state index contributed by atoms with van der Waals surface area (Å²) in [5.74, 6) is 0. The zero-order chi connectivity index (χ0) is 6.27.